The highest BCUT2D eigenvalue weighted by atomic mass is 16.5. The molecule has 0 radical (unpaired) electrons. The molecule has 0 bridgehead atoms. The number of hydrogen-bond acceptors (Lipinski definition) is 13. The van der Waals surface area contributed by atoms with Crippen LogP contribution in [0.5, 0.6) is 17.2 Å². The van der Waals surface area contributed by atoms with Crippen LogP contribution in [0.3, 0.4) is 0 Å². The van der Waals surface area contributed by atoms with Gasteiger partial charge >= 0.3 is 0 Å². The van der Waals surface area contributed by atoms with Gasteiger partial charge in [0.25, 0.3) is 17.7 Å². The number of benzene rings is 2. The smallest absolute Gasteiger partial charge is 0.271 e. The lowest BCUT2D eigenvalue weighted by molar-refractivity contribution is -0.136. The zero-order valence-electron chi connectivity index (χ0n) is 35.7. The number of piperidine rings is 2. The largest absolute Gasteiger partial charge is 0.496 e. The summed E-state index contributed by atoms with van der Waals surface area (Å²) >= 11 is 0. The van der Waals surface area contributed by atoms with E-state index in [1.807, 2.05) is 19.1 Å². The maximum atomic E-state index is 13.5. The lowest BCUT2D eigenvalue weighted by Gasteiger charge is -2.46. The molecule has 2 aromatic carbocycles. The van der Waals surface area contributed by atoms with E-state index in [0.717, 1.165) is 93.0 Å². The van der Waals surface area contributed by atoms with Gasteiger partial charge in [-0.25, -0.2) is 9.97 Å². The molecule has 8 rings (SSSR count). The third-order valence-electron chi connectivity index (χ3n) is 13.1. The molecule has 4 heterocycles. The summed E-state index contributed by atoms with van der Waals surface area (Å²) in [6, 6.07) is 10.6. The van der Waals surface area contributed by atoms with Gasteiger partial charge in [0.05, 0.1) is 48.4 Å². The third-order valence-corrected chi connectivity index (χ3v) is 13.1. The second-order valence-corrected chi connectivity index (χ2v) is 17.5. The van der Waals surface area contributed by atoms with E-state index >= 15 is 0 Å². The summed E-state index contributed by atoms with van der Waals surface area (Å²) in [5, 5.41) is 14.5. The Hall–Kier alpha value is -6.08. The molecule has 2 N–H and O–H groups in total. The van der Waals surface area contributed by atoms with E-state index in [4.69, 9.17) is 14.2 Å². The minimum Gasteiger partial charge on any atom is -0.496 e. The number of fused-ring (bicyclic) bond motifs is 1. The third kappa shape index (κ3) is 8.95. The number of nitrogens with one attached hydrogen (secondary N) is 2. The number of ether oxygens (including phenoxy) is 3. The Morgan fingerprint density at radius 2 is 1.68 bits per heavy atom. The fourth-order valence-corrected chi connectivity index (χ4v) is 9.50. The molecule has 5 aliphatic rings. The van der Waals surface area contributed by atoms with Crippen molar-refractivity contribution in [1.82, 2.24) is 30.4 Å². The molecule has 1 atom stereocenters. The number of carbonyl (C=O) groups excluding carboxylic acids is 5. The molecule has 0 unspecified atom stereocenters. The van der Waals surface area contributed by atoms with E-state index in [-0.39, 0.29) is 53.9 Å². The number of methoxy groups -OCH3 is 1. The minimum atomic E-state index is -1.06. The summed E-state index contributed by atoms with van der Waals surface area (Å²) in [5.41, 5.74) is 2.07. The predicted octanol–water partition coefficient (Wildman–Crippen LogP) is 4.72. The zero-order valence-corrected chi connectivity index (χ0v) is 35.7. The average molecular weight is 847 g/mol. The summed E-state index contributed by atoms with van der Waals surface area (Å²) in [6.45, 7) is 9.01. The number of rotatable bonds is 13. The topological polar surface area (TPSA) is 196 Å². The van der Waals surface area contributed by atoms with Crippen molar-refractivity contribution in [3.8, 4) is 23.3 Å². The van der Waals surface area contributed by atoms with Crippen molar-refractivity contribution in [3.05, 3.63) is 70.7 Å². The van der Waals surface area contributed by atoms with E-state index in [0.29, 0.717) is 35.0 Å². The van der Waals surface area contributed by atoms with Gasteiger partial charge in [0.1, 0.15) is 40.9 Å². The number of nitrogens with zero attached hydrogens (tertiary/aromatic N) is 6. The summed E-state index contributed by atoms with van der Waals surface area (Å²) in [6.07, 6.45) is 10.3. The number of nitriles is 1. The first-order valence-electron chi connectivity index (χ1n) is 21.8. The van der Waals surface area contributed by atoms with Crippen LogP contribution >= 0.6 is 0 Å². The van der Waals surface area contributed by atoms with Crippen molar-refractivity contribution in [2.24, 2.45) is 5.92 Å². The quantitative estimate of drug-likeness (QED) is 0.225. The Morgan fingerprint density at radius 1 is 0.935 bits per heavy atom. The molecule has 16 heteroatoms. The van der Waals surface area contributed by atoms with Crippen LogP contribution in [-0.2, 0) is 9.59 Å². The van der Waals surface area contributed by atoms with E-state index in [1.165, 1.54) is 7.11 Å². The monoisotopic (exact) mass is 846 g/mol. The van der Waals surface area contributed by atoms with Gasteiger partial charge in [-0.05, 0) is 101 Å². The highest BCUT2D eigenvalue weighted by molar-refractivity contribution is 6.24. The number of carbonyl (C=O) groups is 5. The highest BCUT2D eigenvalue weighted by Gasteiger charge is 2.47. The van der Waals surface area contributed by atoms with Gasteiger partial charge in [-0.15, -0.1) is 0 Å². The predicted molar refractivity (Wildman–Crippen MR) is 226 cm³/mol. The van der Waals surface area contributed by atoms with Crippen LogP contribution in [0.25, 0.3) is 0 Å². The van der Waals surface area contributed by atoms with E-state index in [1.54, 1.807) is 30.6 Å². The minimum absolute atomic E-state index is 0.0433. The summed E-state index contributed by atoms with van der Waals surface area (Å²) in [5.74, 6) is 0.150. The van der Waals surface area contributed by atoms with Crippen LogP contribution in [-0.4, -0.2) is 112 Å². The molecule has 2 saturated heterocycles. The van der Waals surface area contributed by atoms with E-state index in [9.17, 15) is 29.2 Å². The molecule has 3 aliphatic heterocycles. The normalized spacial score (nSPS) is 24.0. The van der Waals surface area contributed by atoms with Gasteiger partial charge in [-0.1, -0.05) is 0 Å². The Labute approximate surface area is 361 Å². The first kappa shape index (κ1) is 42.6. The molecular formula is C46H54N8O8. The van der Waals surface area contributed by atoms with Gasteiger partial charge in [0.15, 0.2) is 0 Å². The van der Waals surface area contributed by atoms with Crippen molar-refractivity contribution in [1.29, 1.82) is 5.26 Å². The van der Waals surface area contributed by atoms with Crippen LogP contribution < -0.4 is 29.7 Å². The first-order chi connectivity index (χ1) is 29.9. The van der Waals surface area contributed by atoms with Crippen LogP contribution in [0.2, 0.25) is 0 Å². The maximum absolute atomic E-state index is 13.5. The number of aryl methyl sites for hydroxylation is 1. The maximum Gasteiger partial charge on any atom is 0.271 e. The molecule has 326 valence electrons. The number of aromatic nitrogens is 2. The van der Waals surface area contributed by atoms with Crippen LogP contribution in [0.4, 0.5) is 5.82 Å². The Morgan fingerprint density at radius 3 is 2.32 bits per heavy atom. The molecule has 2 aliphatic carbocycles. The second kappa shape index (κ2) is 18.1. The van der Waals surface area contributed by atoms with Crippen LogP contribution in [0.15, 0.2) is 42.7 Å². The number of hydrogen-bond donors (Lipinski definition) is 2. The van der Waals surface area contributed by atoms with Crippen LogP contribution in [0.1, 0.15) is 120 Å². The standard InChI is InChI=1S/C46H54N8O8/c1-26(2)53(31-18-34(19-31)62-35-20-36-42(39(21-35)60-4)46(59)54(45(36)58)38-11-12-41(55)51-44(38)57)25-28-13-15-52(16-14-28)40-24-48-37(23-49-40)43(56)50-30-6-9-32(10-7-30)61-33-8-5-29(22-47)27(3)17-33/h5,8,17,20-21,23-24,26,28,30-32,34,38H,6-7,9-16,18-19,25H2,1-4H3,(H,50,56)(H,51,55,57)/t30?,31?,32?,34?,38-/m1/s1. The Kier molecular flexibility index (Phi) is 12.4. The molecule has 3 aromatic rings. The summed E-state index contributed by atoms with van der Waals surface area (Å²) in [7, 11) is 1.42. The van der Waals surface area contributed by atoms with Crippen LogP contribution in [0, 0.1) is 24.2 Å². The number of anilines is 1. The molecule has 62 heavy (non-hydrogen) atoms. The molecule has 5 amide bonds. The fourth-order valence-electron chi connectivity index (χ4n) is 9.50. The summed E-state index contributed by atoms with van der Waals surface area (Å²) < 4.78 is 18.1. The van der Waals surface area contributed by atoms with Gasteiger partial charge in [0.2, 0.25) is 11.8 Å². The Bertz CT molecular complexity index is 2260. The SMILES string of the molecule is COc1cc(OC2CC(N(CC3CCN(c4cnc(C(=O)NC5CCC(Oc6ccc(C#N)c(C)c6)CC5)cn4)CC3)C(C)C)C2)cc2c1C(=O)N([C@@H]1CCC(=O)NC1=O)C2=O. The van der Waals surface area contributed by atoms with Gasteiger partial charge in [0, 0.05) is 63.1 Å². The first-order valence-corrected chi connectivity index (χ1v) is 21.8. The van der Waals surface area contributed by atoms with Crippen molar-refractivity contribution in [2.45, 2.75) is 121 Å². The number of amides is 5. The zero-order chi connectivity index (χ0) is 43.7. The lowest BCUT2D eigenvalue weighted by atomic mass is 9.85. The van der Waals surface area contributed by atoms with Gasteiger partial charge in [-0.3, -0.25) is 39.1 Å². The van der Waals surface area contributed by atoms with Gasteiger partial charge < -0.3 is 24.4 Å². The van der Waals surface area contributed by atoms with Gasteiger partial charge in [-0.2, -0.15) is 5.26 Å². The van der Waals surface area contributed by atoms with Crippen molar-refractivity contribution < 1.29 is 38.2 Å². The molecular weight excluding hydrogens is 793 g/mol. The molecule has 16 nitrogen and oxygen atoms in total. The van der Waals surface area contributed by atoms with Crippen molar-refractivity contribution in [3.63, 3.8) is 0 Å². The molecule has 2 saturated carbocycles. The van der Waals surface area contributed by atoms with Crippen molar-refractivity contribution >= 4 is 35.4 Å². The highest BCUT2D eigenvalue weighted by Crippen LogP contribution is 2.40. The molecule has 4 fully saturated rings. The van der Waals surface area contributed by atoms with E-state index < -0.39 is 29.7 Å². The lowest BCUT2D eigenvalue weighted by Crippen LogP contribution is -2.54. The molecule has 0 spiro atoms. The Balaban J connectivity index is 0.778. The average Bonchev–Trinajstić information content (AvgIpc) is 3.50. The summed E-state index contributed by atoms with van der Waals surface area (Å²) in [4.78, 5) is 79.1. The number of imide groups is 2. The van der Waals surface area contributed by atoms with Crippen molar-refractivity contribution in [2.75, 3.05) is 31.6 Å². The second-order valence-electron chi connectivity index (χ2n) is 17.5. The van der Waals surface area contributed by atoms with E-state index in [2.05, 4.69) is 50.3 Å². The molecule has 1 aromatic heterocycles. The fraction of sp³-hybridized carbons (Fsp3) is 0.522.